The summed E-state index contributed by atoms with van der Waals surface area (Å²) in [5.41, 5.74) is 4.24. The molecule has 0 fully saturated rings. The number of nitrogens with zero attached hydrogens (tertiary/aromatic N) is 2. The van der Waals surface area contributed by atoms with Gasteiger partial charge in [-0.25, -0.2) is 4.79 Å². The van der Waals surface area contributed by atoms with Gasteiger partial charge in [0, 0.05) is 18.2 Å². The molecule has 0 saturated carbocycles. The number of carbonyl (C=O) groups excluding carboxylic acids is 1. The number of nitrogen functional groups attached to an aromatic ring is 1. The molecule has 0 unspecified atom stereocenters. The van der Waals surface area contributed by atoms with E-state index < -0.39 is 28.6 Å². The van der Waals surface area contributed by atoms with Crippen LogP contribution in [0.2, 0.25) is 0 Å². The molecule has 1 aromatic carbocycles. The molecule has 10 nitrogen and oxygen atoms in total. The first-order valence-electron chi connectivity index (χ1n) is 8.15. The number of nitro benzene ring substituents is 1. The van der Waals surface area contributed by atoms with Crippen LogP contribution in [0.25, 0.3) is 0 Å². The molecule has 0 bridgehead atoms. The minimum Gasteiger partial charge on any atom is -0.485 e. The largest absolute Gasteiger partial charge is 0.485 e. The second-order valence-electron chi connectivity index (χ2n) is 6.44. The first-order valence-corrected chi connectivity index (χ1v) is 8.15. The molecule has 0 aliphatic heterocycles. The van der Waals surface area contributed by atoms with Crippen molar-refractivity contribution in [1.82, 2.24) is 9.55 Å². The summed E-state index contributed by atoms with van der Waals surface area (Å²) in [7, 11) is 0. The van der Waals surface area contributed by atoms with Gasteiger partial charge in [0.05, 0.1) is 4.92 Å². The Morgan fingerprint density at radius 1 is 1.37 bits per heavy atom. The minimum absolute atomic E-state index is 0.0678. The highest BCUT2D eigenvalue weighted by Crippen LogP contribution is 2.23. The maximum atomic E-state index is 12.4. The van der Waals surface area contributed by atoms with Crippen molar-refractivity contribution in [3.63, 3.8) is 0 Å². The Labute approximate surface area is 153 Å². The maximum absolute atomic E-state index is 12.4. The monoisotopic (exact) mass is 376 g/mol. The first-order chi connectivity index (χ1) is 12.6. The number of nitrogens with one attached hydrogen (secondary N) is 1. The van der Waals surface area contributed by atoms with Crippen LogP contribution in [0.3, 0.4) is 0 Å². The first kappa shape index (κ1) is 19.9. The molecule has 0 atom stereocenters. The van der Waals surface area contributed by atoms with Crippen LogP contribution in [0.15, 0.2) is 27.8 Å². The van der Waals surface area contributed by atoms with Crippen LogP contribution in [-0.2, 0) is 6.54 Å². The Kier molecular flexibility index (Phi) is 5.78. The Balaban J connectivity index is 2.26. The molecule has 0 amide bonds. The number of H-pyrrole nitrogens is 1. The molecule has 0 aliphatic carbocycles. The summed E-state index contributed by atoms with van der Waals surface area (Å²) in [6.45, 7) is 4.99. The lowest BCUT2D eigenvalue weighted by atomic mass is 10.1. The lowest BCUT2D eigenvalue weighted by molar-refractivity contribution is -0.385. The van der Waals surface area contributed by atoms with Crippen molar-refractivity contribution < 1.29 is 14.5 Å². The molecule has 2 aromatic rings. The van der Waals surface area contributed by atoms with Gasteiger partial charge in [0.15, 0.2) is 6.61 Å². The number of aromatic nitrogens is 2. The summed E-state index contributed by atoms with van der Waals surface area (Å²) in [6.07, 6.45) is 0. The van der Waals surface area contributed by atoms with Crippen molar-refractivity contribution in [2.24, 2.45) is 5.92 Å². The SMILES string of the molecule is Cc1cc(OCC(=O)c2c(N)n(CC(C)C)c(=O)[nH]c2=O)ccc1[N+](=O)[O-]. The van der Waals surface area contributed by atoms with Crippen LogP contribution >= 0.6 is 0 Å². The highest BCUT2D eigenvalue weighted by molar-refractivity contribution is 6.00. The number of nitro groups is 1. The molecule has 0 radical (unpaired) electrons. The van der Waals surface area contributed by atoms with Gasteiger partial charge < -0.3 is 10.5 Å². The average molecular weight is 376 g/mol. The summed E-state index contributed by atoms with van der Waals surface area (Å²) in [5, 5.41) is 10.8. The summed E-state index contributed by atoms with van der Waals surface area (Å²) >= 11 is 0. The number of hydrogen-bond donors (Lipinski definition) is 2. The van der Waals surface area contributed by atoms with Crippen LogP contribution in [0.4, 0.5) is 11.5 Å². The van der Waals surface area contributed by atoms with E-state index >= 15 is 0 Å². The van der Waals surface area contributed by atoms with Crippen molar-refractivity contribution in [2.75, 3.05) is 12.3 Å². The maximum Gasteiger partial charge on any atom is 0.329 e. The van der Waals surface area contributed by atoms with Crippen LogP contribution in [0.1, 0.15) is 29.8 Å². The molecule has 1 aromatic heterocycles. The van der Waals surface area contributed by atoms with Crippen LogP contribution in [0, 0.1) is 23.0 Å². The van der Waals surface area contributed by atoms with E-state index in [1.807, 2.05) is 13.8 Å². The molecule has 27 heavy (non-hydrogen) atoms. The topological polar surface area (TPSA) is 150 Å². The third-order valence-corrected chi connectivity index (χ3v) is 3.80. The highest BCUT2D eigenvalue weighted by Gasteiger charge is 2.20. The number of nitrogens with two attached hydrogens (primary N) is 1. The predicted octanol–water partition coefficient (Wildman–Crippen LogP) is 1.25. The zero-order valence-electron chi connectivity index (χ0n) is 15.1. The van der Waals surface area contributed by atoms with Crippen LogP contribution in [0.5, 0.6) is 5.75 Å². The number of aromatic amines is 1. The van der Waals surface area contributed by atoms with Crippen LogP contribution < -0.4 is 21.7 Å². The fourth-order valence-corrected chi connectivity index (χ4v) is 2.55. The van der Waals surface area contributed by atoms with E-state index in [-0.39, 0.29) is 35.3 Å². The van der Waals surface area contributed by atoms with Gasteiger partial charge in [-0.1, -0.05) is 13.8 Å². The molecule has 10 heteroatoms. The van der Waals surface area contributed by atoms with E-state index in [9.17, 15) is 24.5 Å². The summed E-state index contributed by atoms with van der Waals surface area (Å²) in [5.74, 6) is -0.622. The standard InChI is InChI=1S/C17H20N4O6/c1-9(2)7-20-15(18)14(16(23)19-17(20)24)13(22)8-27-11-4-5-12(21(25)26)10(3)6-11/h4-6,9H,7-8,18H2,1-3H3,(H,19,23,24). The smallest absolute Gasteiger partial charge is 0.329 e. The van der Waals surface area contributed by atoms with Gasteiger partial charge in [0.2, 0.25) is 5.78 Å². The lowest BCUT2D eigenvalue weighted by Crippen LogP contribution is -2.38. The zero-order valence-corrected chi connectivity index (χ0v) is 15.1. The number of aryl methyl sites for hydroxylation is 1. The second-order valence-corrected chi connectivity index (χ2v) is 6.44. The van der Waals surface area contributed by atoms with E-state index in [0.717, 1.165) is 4.57 Å². The van der Waals surface area contributed by atoms with Crippen molar-refractivity contribution >= 4 is 17.3 Å². The Morgan fingerprint density at radius 3 is 2.59 bits per heavy atom. The Bertz CT molecular complexity index is 1010. The number of Topliss-reactive ketones (excluding diaryl/α,β-unsaturated/α-hetero) is 1. The molecule has 0 aliphatic rings. The third kappa shape index (κ3) is 4.40. The molecule has 0 spiro atoms. The summed E-state index contributed by atoms with van der Waals surface area (Å²) in [4.78, 5) is 48.7. The number of benzene rings is 1. The van der Waals surface area contributed by atoms with Gasteiger partial charge in [-0.2, -0.15) is 0 Å². The molecule has 3 N–H and O–H groups in total. The number of ether oxygens (including phenoxy) is 1. The van der Waals surface area contributed by atoms with E-state index in [4.69, 9.17) is 10.5 Å². The van der Waals surface area contributed by atoms with Gasteiger partial charge in [-0.05, 0) is 25.0 Å². The lowest BCUT2D eigenvalue weighted by Gasteiger charge is -2.14. The minimum atomic E-state index is -0.883. The summed E-state index contributed by atoms with van der Waals surface area (Å²) < 4.78 is 6.47. The Morgan fingerprint density at radius 2 is 2.04 bits per heavy atom. The van der Waals surface area contributed by atoms with Crippen LogP contribution in [-0.4, -0.2) is 26.9 Å². The number of anilines is 1. The quantitative estimate of drug-likeness (QED) is 0.419. The van der Waals surface area contributed by atoms with Gasteiger partial charge in [-0.15, -0.1) is 0 Å². The highest BCUT2D eigenvalue weighted by atomic mass is 16.6. The average Bonchev–Trinajstić information content (AvgIpc) is 2.56. The van der Waals surface area contributed by atoms with Crippen molar-refractivity contribution in [1.29, 1.82) is 0 Å². The van der Waals surface area contributed by atoms with Gasteiger partial charge in [0.25, 0.3) is 11.2 Å². The third-order valence-electron chi connectivity index (χ3n) is 3.80. The van der Waals surface area contributed by atoms with E-state index in [2.05, 4.69) is 4.98 Å². The molecular weight excluding hydrogens is 356 g/mol. The van der Waals surface area contributed by atoms with Gasteiger partial charge in [-0.3, -0.25) is 29.3 Å². The van der Waals surface area contributed by atoms with Crippen molar-refractivity contribution in [2.45, 2.75) is 27.3 Å². The fraction of sp³-hybridized carbons (Fsp3) is 0.353. The molecule has 2 rings (SSSR count). The van der Waals surface area contributed by atoms with Crippen molar-refractivity contribution in [3.8, 4) is 5.75 Å². The van der Waals surface area contributed by atoms with Crippen molar-refractivity contribution in [3.05, 3.63) is 60.3 Å². The van der Waals surface area contributed by atoms with E-state index in [1.165, 1.54) is 25.1 Å². The number of hydrogen-bond acceptors (Lipinski definition) is 7. The number of rotatable bonds is 7. The zero-order chi connectivity index (χ0) is 20.3. The predicted molar refractivity (Wildman–Crippen MR) is 98.2 cm³/mol. The van der Waals surface area contributed by atoms with Gasteiger partial charge >= 0.3 is 5.69 Å². The summed E-state index contributed by atoms with van der Waals surface area (Å²) in [6, 6.07) is 4.03. The second kappa shape index (κ2) is 7.85. The number of carbonyl (C=O) groups is 1. The fourth-order valence-electron chi connectivity index (χ4n) is 2.55. The molecule has 1 heterocycles. The molecular formula is C17H20N4O6. The normalized spacial score (nSPS) is 10.8. The number of ketones is 1. The molecule has 144 valence electrons. The van der Waals surface area contributed by atoms with Gasteiger partial charge in [0.1, 0.15) is 17.1 Å². The van der Waals surface area contributed by atoms with E-state index in [0.29, 0.717) is 5.56 Å². The van der Waals surface area contributed by atoms with E-state index in [1.54, 1.807) is 0 Å². The Hall–Kier alpha value is -3.43. The molecule has 0 saturated heterocycles.